The molecule has 1 heterocycles. The van der Waals surface area contributed by atoms with Crippen LogP contribution in [0.3, 0.4) is 0 Å². The van der Waals surface area contributed by atoms with Gasteiger partial charge in [-0.1, -0.05) is 34.1 Å². The van der Waals surface area contributed by atoms with Crippen LogP contribution in [0.2, 0.25) is 0 Å². The lowest BCUT2D eigenvalue weighted by molar-refractivity contribution is 0.925. The van der Waals surface area contributed by atoms with Crippen molar-refractivity contribution in [1.29, 1.82) is 0 Å². The molecular weight excluding hydrogens is 304 g/mol. The number of hydrogen-bond donors (Lipinski definition) is 0. The van der Waals surface area contributed by atoms with Gasteiger partial charge < -0.3 is 0 Å². The van der Waals surface area contributed by atoms with Crippen LogP contribution in [-0.2, 0) is 6.42 Å². The second-order valence-corrected chi connectivity index (χ2v) is 6.12. The molecule has 0 bridgehead atoms. The fourth-order valence-electron chi connectivity index (χ4n) is 1.68. The SMILES string of the molecule is Cc1c(Br)cccc1C(Cl)Cc1cccs1. The summed E-state index contributed by atoms with van der Waals surface area (Å²) in [6.07, 6.45) is 0.899. The number of alkyl halides is 1. The third-order valence-electron chi connectivity index (χ3n) is 2.61. The van der Waals surface area contributed by atoms with Crippen molar-refractivity contribution in [2.75, 3.05) is 0 Å². The van der Waals surface area contributed by atoms with Crippen LogP contribution in [0.5, 0.6) is 0 Å². The molecule has 0 N–H and O–H groups in total. The minimum atomic E-state index is 0.0520. The van der Waals surface area contributed by atoms with E-state index in [2.05, 4.69) is 46.4 Å². The smallest absolute Gasteiger partial charge is 0.0636 e. The number of rotatable bonds is 3. The minimum absolute atomic E-state index is 0.0520. The standard InChI is InChI=1S/C13H12BrClS/c1-9-11(5-2-6-12(9)14)13(15)8-10-4-3-7-16-10/h2-7,13H,8H2,1H3. The molecular formula is C13H12BrClS. The van der Waals surface area contributed by atoms with Gasteiger partial charge in [0.05, 0.1) is 5.38 Å². The molecule has 1 unspecified atom stereocenters. The van der Waals surface area contributed by atoms with E-state index in [4.69, 9.17) is 11.6 Å². The molecule has 3 heteroatoms. The lowest BCUT2D eigenvalue weighted by Crippen LogP contribution is -1.97. The van der Waals surface area contributed by atoms with E-state index >= 15 is 0 Å². The molecule has 0 fully saturated rings. The molecule has 0 aliphatic heterocycles. The summed E-state index contributed by atoms with van der Waals surface area (Å²) < 4.78 is 1.13. The molecule has 0 aliphatic carbocycles. The van der Waals surface area contributed by atoms with Gasteiger partial charge in [0.15, 0.2) is 0 Å². The Kier molecular flexibility index (Phi) is 4.06. The molecule has 1 aromatic carbocycles. The van der Waals surface area contributed by atoms with Crippen molar-refractivity contribution >= 4 is 38.9 Å². The highest BCUT2D eigenvalue weighted by molar-refractivity contribution is 9.10. The van der Waals surface area contributed by atoms with Gasteiger partial charge in [0.25, 0.3) is 0 Å². The van der Waals surface area contributed by atoms with Crippen LogP contribution in [0, 0.1) is 6.92 Å². The van der Waals surface area contributed by atoms with Crippen LogP contribution < -0.4 is 0 Å². The first-order valence-corrected chi connectivity index (χ1v) is 7.21. The minimum Gasteiger partial charge on any atom is -0.149 e. The van der Waals surface area contributed by atoms with Crippen molar-refractivity contribution in [3.63, 3.8) is 0 Å². The third kappa shape index (κ3) is 2.68. The molecule has 1 atom stereocenters. The average molecular weight is 316 g/mol. The maximum Gasteiger partial charge on any atom is 0.0636 e. The van der Waals surface area contributed by atoms with E-state index in [0.29, 0.717) is 0 Å². The van der Waals surface area contributed by atoms with E-state index in [1.54, 1.807) is 11.3 Å². The fourth-order valence-corrected chi connectivity index (χ4v) is 3.31. The van der Waals surface area contributed by atoms with Crippen molar-refractivity contribution in [3.8, 4) is 0 Å². The number of thiophene rings is 1. The summed E-state index contributed by atoms with van der Waals surface area (Å²) in [5.41, 5.74) is 2.45. The zero-order valence-electron chi connectivity index (χ0n) is 8.91. The van der Waals surface area contributed by atoms with E-state index in [1.165, 1.54) is 16.0 Å². The Labute approximate surface area is 113 Å². The fraction of sp³-hybridized carbons (Fsp3) is 0.231. The van der Waals surface area contributed by atoms with Crippen molar-refractivity contribution in [3.05, 3.63) is 56.2 Å². The molecule has 0 radical (unpaired) electrons. The topological polar surface area (TPSA) is 0 Å². The van der Waals surface area contributed by atoms with E-state index in [1.807, 2.05) is 12.1 Å². The number of hydrogen-bond acceptors (Lipinski definition) is 1. The van der Waals surface area contributed by atoms with Crippen LogP contribution in [0.4, 0.5) is 0 Å². The van der Waals surface area contributed by atoms with Crippen LogP contribution >= 0.6 is 38.9 Å². The van der Waals surface area contributed by atoms with Gasteiger partial charge in [-0.15, -0.1) is 22.9 Å². The summed E-state index contributed by atoms with van der Waals surface area (Å²) in [4.78, 5) is 1.33. The first-order chi connectivity index (χ1) is 7.68. The summed E-state index contributed by atoms with van der Waals surface area (Å²) >= 11 is 11.8. The Bertz CT molecular complexity index is 465. The summed E-state index contributed by atoms with van der Waals surface area (Å²) in [6, 6.07) is 10.4. The van der Waals surface area contributed by atoms with Gasteiger partial charge >= 0.3 is 0 Å². The van der Waals surface area contributed by atoms with Crippen molar-refractivity contribution in [2.45, 2.75) is 18.7 Å². The van der Waals surface area contributed by atoms with Crippen molar-refractivity contribution in [1.82, 2.24) is 0 Å². The summed E-state index contributed by atoms with van der Waals surface area (Å²) in [5.74, 6) is 0. The van der Waals surface area contributed by atoms with Gasteiger partial charge in [-0.3, -0.25) is 0 Å². The quantitative estimate of drug-likeness (QED) is 0.670. The Balaban J connectivity index is 2.21. The molecule has 0 amide bonds. The highest BCUT2D eigenvalue weighted by atomic mass is 79.9. The predicted octanol–water partition coefficient (Wildman–Crippen LogP) is 5.34. The Morgan fingerprint density at radius 1 is 1.31 bits per heavy atom. The monoisotopic (exact) mass is 314 g/mol. The van der Waals surface area contributed by atoms with Crippen LogP contribution in [0.15, 0.2) is 40.2 Å². The first kappa shape index (κ1) is 12.2. The molecule has 2 aromatic rings. The van der Waals surface area contributed by atoms with Gasteiger partial charge in [0, 0.05) is 15.8 Å². The molecule has 0 nitrogen and oxygen atoms in total. The largest absolute Gasteiger partial charge is 0.149 e. The molecule has 0 spiro atoms. The van der Waals surface area contributed by atoms with Crippen LogP contribution in [-0.4, -0.2) is 0 Å². The molecule has 1 aromatic heterocycles. The highest BCUT2D eigenvalue weighted by Gasteiger charge is 2.13. The third-order valence-corrected chi connectivity index (χ3v) is 4.75. The molecule has 0 saturated carbocycles. The zero-order chi connectivity index (χ0) is 11.5. The van der Waals surface area contributed by atoms with E-state index < -0.39 is 0 Å². The molecule has 2 rings (SSSR count). The lowest BCUT2D eigenvalue weighted by Gasteiger charge is -2.12. The van der Waals surface area contributed by atoms with Gasteiger partial charge in [-0.2, -0.15) is 0 Å². The first-order valence-electron chi connectivity index (χ1n) is 5.10. The normalized spacial score (nSPS) is 12.7. The van der Waals surface area contributed by atoms with E-state index in [-0.39, 0.29) is 5.38 Å². The maximum absolute atomic E-state index is 6.46. The molecule has 16 heavy (non-hydrogen) atoms. The predicted molar refractivity (Wildman–Crippen MR) is 75.5 cm³/mol. The van der Waals surface area contributed by atoms with Crippen LogP contribution in [0.1, 0.15) is 21.4 Å². The van der Waals surface area contributed by atoms with Crippen LogP contribution in [0.25, 0.3) is 0 Å². The Morgan fingerprint density at radius 3 is 2.81 bits per heavy atom. The van der Waals surface area contributed by atoms with Gasteiger partial charge in [0.2, 0.25) is 0 Å². The molecule has 84 valence electrons. The second-order valence-electron chi connectivity index (χ2n) is 3.71. The highest BCUT2D eigenvalue weighted by Crippen LogP contribution is 2.31. The van der Waals surface area contributed by atoms with E-state index in [0.717, 1.165) is 10.9 Å². The Morgan fingerprint density at radius 2 is 2.12 bits per heavy atom. The molecule has 0 aliphatic rings. The summed E-state index contributed by atoms with van der Waals surface area (Å²) in [5, 5.41) is 2.14. The number of halogens is 2. The van der Waals surface area contributed by atoms with Gasteiger partial charge in [-0.05, 0) is 35.6 Å². The van der Waals surface area contributed by atoms with Gasteiger partial charge in [-0.25, -0.2) is 0 Å². The van der Waals surface area contributed by atoms with Crippen molar-refractivity contribution in [2.24, 2.45) is 0 Å². The maximum atomic E-state index is 6.46. The van der Waals surface area contributed by atoms with Gasteiger partial charge in [0.1, 0.15) is 0 Å². The van der Waals surface area contributed by atoms with Crippen molar-refractivity contribution < 1.29 is 0 Å². The number of benzene rings is 1. The summed E-state index contributed by atoms with van der Waals surface area (Å²) in [6.45, 7) is 2.10. The molecule has 0 saturated heterocycles. The van der Waals surface area contributed by atoms with E-state index in [9.17, 15) is 0 Å². The second kappa shape index (κ2) is 5.35. The average Bonchev–Trinajstić information content (AvgIpc) is 2.74. The summed E-state index contributed by atoms with van der Waals surface area (Å²) in [7, 11) is 0. The Hall–Kier alpha value is -0.310. The lowest BCUT2D eigenvalue weighted by atomic mass is 10.0. The zero-order valence-corrected chi connectivity index (χ0v) is 12.1.